The number of fused-ring (bicyclic) bond motifs is 2. The highest BCUT2D eigenvalue weighted by Crippen LogP contribution is 2.43. The fourth-order valence-electron chi connectivity index (χ4n) is 2.44. The van der Waals surface area contributed by atoms with Gasteiger partial charge in [-0.2, -0.15) is 0 Å². The first-order valence-electron chi connectivity index (χ1n) is 5.85. The predicted octanol–water partition coefficient (Wildman–Crippen LogP) is 2.55. The van der Waals surface area contributed by atoms with E-state index in [9.17, 15) is 0 Å². The quantitative estimate of drug-likeness (QED) is 0.727. The first-order valence-corrected chi connectivity index (χ1v) is 5.85. The minimum absolute atomic E-state index is 0.219. The van der Waals surface area contributed by atoms with Gasteiger partial charge in [0.1, 0.15) is 13.2 Å². The van der Waals surface area contributed by atoms with E-state index in [-0.39, 0.29) is 5.41 Å². The van der Waals surface area contributed by atoms with E-state index < -0.39 is 0 Å². The number of nitrogens with one attached hydrogen (secondary N) is 1. The smallest absolute Gasteiger partial charge is 0.163 e. The van der Waals surface area contributed by atoms with E-state index in [1.807, 2.05) is 0 Å². The number of anilines is 1. The van der Waals surface area contributed by atoms with Crippen LogP contribution in [0.4, 0.5) is 5.69 Å². The van der Waals surface area contributed by atoms with Crippen molar-refractivity contribution in [2.75, 3.05) is 25.1 Å². The van der Waals surface area contributed by atoms with Gasteiger partial charge in [0.05, 0.1) is 0 Å². The monoisotopic (exact) mass is 219 g/mol. The van der Waals surface area contributed by atoms with Crippen LogP contribution in [-0.2, 0) is 5.41 Å². The van der Waals surface area contributed by atoms with Crippen LogP contribution in [0.25, 0.3) is 0 Å². The Morgan fingerprint density at radius 3 is 2.56 bits per heavy atom. The van der Waals surface area contributed by atoms with Crippen LogP contribution >= 0.6 is 0 Å². The van der Waals surface area contributed by atoms with Gasteiger partial charge in [-0.1, -0.05) is 13.8 Å². The van der Waals surface area contributed by atoms with E-state index in [0.717, 1.165) is 24.5 Å². The van der Waals surface area contributed by atoms with Crippen molar-refractivity contribution in [2.24, 2.45) is 0 Å². The third-order valence-electron chi connectivity index (χ3n) is 3.48. The minimum Gasteiger partial charge on any atom is -0.486 e. The Balaban J connectivity index is 2.12. The molecule has 2 aliphatic heterocycles. The molecule has 2 aliphatic rings. The summed E-state index contributed by atoms with van der Waals surface area (Å²) in [6.45, 7) is 6.89. The number of hydrogen-bond acceptors (Lipinski definition) is 3. The topological polar surface area (TPSA) is 30.5 Å². The molecule has 1 N–H and O–H groups in total. The Morgan fingerprint density at radius 2 is 1.81 bits per heavy atom. The Hall–Kier alpha value is -1.38. The standard InChI is InChI=1S/C13H17NO2/c1-13(2)3-4-14-10-8-12-11(7-9(10)13)15-5-6-16-12/h7-8,14H,3-6H2,1-2H3. The molecule has 0 radical (unpaired) electrons. The maximum atomic E-state index is 5.63. The average molecular weight is 219 g/mol. The second kappa shape index (κ2) is 3.30. The molecule has 2 heterocycles. The van der Waals surface area contributed by atoms with Gasteiger partial charge >= 0.3 is 0 Å². The van der Waals surface area contributed by atoms with Gasteiger partial charge in [0, 0.05) is 18.3 Å². The van der Waals surface area contributed by atoms with E-state index in [2.05, 4.69) is 31.3 Å². The molecule has 3 rings (SSSR count). The van der Waals surface area contributed by atoms with Crippen LogP contribution in [-0.4, -0.2) is 19.8 Å². The molecule has 0 bridgehead atoms. The van der Waals surface area contributed by atoms with Crippen molar-refractivity contribution in [2.45, 2.75) is 25.7 Å². The maximum absolute atomic E-state index is 5.63. The highest BCUT2D eigenvalue weighted by Gasteiger charge is 2.29. The fourth-order valence-corrected chi connectivity index (χ4v) is 2.44. The molecule has 0 atom stereocenters. The van der Waals surface area contributed by atoms with Crippen LogP contribution < -0.4 is 14.8 Å². The van der Waals surface area contributed by atoms with E-state index in [0.29, 0.717) is 13.2 Å². The third kappa shape index (κ3) is 1.42. The molecule has 0 saturated carbocycles. The molecule has 3 heteroatoms. The summed E-state index contributed by atoms with van der Waals surface area (Å²) in [5, 5.41) is 3.43. The zero-order chi connectivity index (χ0) is 11.2. The summed E-state index contributed by atoms with van der Waals surface area (Å²) in [5.74, 6) is 1.76. The maximum Gasteiger partial charge on any atom is 0.163 e. The van der Waals surface area contributed by atoms with Gasteiger partial charge in [-0.25, -0.2) is 0 Å². The summed E-state index contributed by atoms with van der Waals surface area (Å²) < 4.78 is 11.2. The summed E-state index contributed by atoms with van der Waals surface area (Å²) in [5.41, 5.74) is 2.75. The zero-order valence-electron chi connectivity index (χ0n) is 9.80. The van der Waals surface area contributed by atoms with Crippen molar-refractivity contribution >= 4 is 5.69 Å². The van der Waals surface area contributed by atoms with E-state index in [1.165, 1.54) is 11.3 Å². The lowest BCUT2D eigenvalue weighted by Crippen LogP contribution is -2.29. The molecule has 3 nitrogen and oxygen atoms in total. The first-order chi connectivity index (χ1) is 7.67. The number of rotatable bonds is 0. The Labute approximate surface area is 95.8 Å². The van der Waals surface area contributed by atoms with Gasteiger partial charge in [-0.3, -0.25) is 0 Å². The van der Waals surface area contributed by atoms with Gasteiger partial charge in [0.25, 0.3) is 0 Å². The van der Waals surface area contributed by atoms with Crippen molar-refractivity contribution in [3.63, 3.8) is 0 Å². The molecule has 0 amide bonds. The van der Waals surface area contributed by atoms with Crippen LogP contribution in [0.3, 0.4) is 0 Å². The Bertz CT molecular complexity index is 426. The average Bonchev–Trinajstić information content (AvgIpc) is 2.27. The lowest BCUT2D eigenvalue weighted by Gasteiger charge is -2.34. The fraction of sp³-hybridized carbons (Fsp3) is 0.538. The first kappa shape index (κ1) is 9.82. The SMILES string of the molecule is CC1(C)CCNc2cc3c(cc21)OCCO3. The summed E-state index contributed by atoms with van der Waals surface area (Å²) in [4.78, 5) is 0. The van der Waals surface area contributed by atoms with Crippen molar-refractivity contribution in [3.8, 4) is 11.5 Å². The highest BCUT2D eigenvalue weighted by atomic mass is 16.6. The summed E-state index contributed by atoms with van der Waals surface area (Å²) in [6, 6.07) is 4.21. The molecule has 0 unspecified atom stereocenters. The van der Waals surface area contributed by atoms with Crippen LogP contribution in [0.2, 0.25) is 0 Å². The Kier molecular flexibility index (Phi) is 2.03. The normalized spacial score (nSPS) is 20.9. The summed E-state index contributed by atoms with van der Waals surface area (Å²) in [7, 11) is 0. The predicted molar refractivity (Wildman–Crippen MR) is 63.6 cm³/mol. The molecule has 0 spiro atoms. The van der Waals surface area contributed by atoms with Crippen LogP contribution in [0.1, 0.15) is 25.8 Å². The number of ether oxygens (including phenoxy) is 2. The van der Waals surface area contributed by atoms with Gasteiger partial charge in [-0.15, -0.1) is 0 Å². The molecular formula is C13H17NO2. The van der Waals surface area contributed by atoms with Crippen molar-refractivity contribution < 1.29 is 9.47 Å². The third-order valence-corrected chi connectivity index (χ3v) is 3.48. The van der Waals surface area contributed by atoms with Crippen molar-refractivity contribution in [1.82, 2.24) is 0 Å². The molecule has 86 valence electrons. The van der Waals surface area contributed by atoms with E-state index >= 15 is 0 Å². The molecule has 0 fully saturated rings. The van der Waals surface area contributed by atoms with E-state index in [4.69, 9.17) is 9.47 Å². The summed E-state index contributed by atoms with van der Waals surface area (Å²) >= 11 is 0. The highest BCUT2D eigenvalue weighted by molar-refractivity contribution is 5.64. The lowest BCUT2D eigenvalue weighted by atomic mass is 9.78. The second-order valence-corrected chi connectivity index (χ2v) is 5.10. The molecule has 16 heavy (non-hydrogen) atoms. The van der Waals surface area contributed by atoms with Gasteiger partial charge < -0.3 is 14.8 Å². The summed E-state index contributed by atoms with van der Waals surface area (Å²) in [6.07, 6.45) is 1.15. The lowest BCUT2D eigenvalue weighted by molar-refractivity contribution is 0.171. The van der Waals surface area contributed by atoms with Crippen LogP contribution in [0.15, 0.2) is 12.1 Å². The molecule has 1 aromatic carbocycles. The Morgan fingerprint density at radius 1 is 1.12 bits per heavy atom. The largest absolute Gasteiger partial charge is 0.486 e. The van der Waals surface area contributed by atoms with Gasteiger partial charge in [-0.05, 0) is 23.5 Å². The zero-order valence-corrected chi connectivity index (χ0v) is 9.80. The van der Waals surface area contributed by atoms with Gasteiger partial charge in [0.15, 0.2) is 11.5 Å². The molecule has 0 aromatic heterocycles. The van der Waals surface area contributed by atoms with E-state index in [1.54, 1.807) is 0 Å². The number of benzene rings is 1. The molecule has 0 aliphatic carbocycles. The minimum atomic E-state index is 0.219. The molecular weight excluding hydrogens is 202 g/mol. The second-order valence-electron chi connectivity index (χ2n) is 5.10. The van der Waals surface area contributed by atoms with Crippen LogP contribution in [0.5, 0.6) is 11.5 Å². The van der Waals surface area contributed by atoms with Gasteiger partial charge in [0.2, 0.25) is 0 Å². The van der Waals surface area contributed by atoms with Crippen molar-refractivity contribution in [1.29, 1.82) is 0 Å². The molecule has 0 saturated heterocycles. The number of hydrogen-bond donors (Lipinski definition) is 1. The van der Waals surface area contributed by atoms with Crippen molar-refractivity contribution in [3.05, 3.63) is 17.7 Å². The molecule has 1 aromatic rings. The van der Waals surface area contributed by atoms with Crippen LogP contribution in [0, 0.1) is 0 Å².